The molecule has 0 aliphatic heterocycles. The molecule has 0 amide bonds. The number of rotatable bonds is 5. The van der Waals surface area contributed by atoms with Crippen LogP contribution < -0.4 is 0 Å². The van der Waals surface area contributed by atoms with Gasteiger partial charge >= 0.3 is 0 Å². The molecular weight excluding hydrogens is 192 g/mol. The molecule has 0 radical (unpaired) electrons. The van der Waals surface area contributed by atoms with Gasteiger partial charge in [0.25, 0.3) is 0 Å². The molecule has 0 aliphatic rings. The Morgan fingerprint density at radius 1 is 1.50 bits per heavy atom. The Labute approximate surface area is 71.3 Å². The summed E-state index contributed by atoms with van der Waals surface area (Å²) in [5, 5.41) is 0. The highest BCUT2D eigenvalue weighted by Gasteiger charge is 2.10. The van der Waals surface area contributed by atoms with Gasteiger partial charge < -0.3 is 0 Å². The SMILES string of the molecule is CCCCC(=O)C(Br)CC. The summed E-state index contributed by atoms with van der Waals surface area (Å²) in [5.41, 5.74) is 0. The highest BCUT2D eigenvalue weighted by molar-refractivity contribution is 9.10. The van der Waals surface area contributed by atoms with Crippen molar-refractivity contribution in [1.29, 1.82) is 0 Å². The van der Waals surface area contributed by atoms with E-state index in [0.717, 1.165) is 25.7 Å². The minimum atomic E-state index is 0.0963. The molecule has 0 aliphatic carbocycles. The molecule has 2 heteroatoms. The summed E-state index contributed by atoms with van der Waals surface area (Å²) in [7, 11) is 0. The van der Waals surface area contributed by atoms with Gasteiger partial charge in [-0.05, 0) is 12.8 Å². The smallest absolute Gasteiger partial charge is 0.146 e. The van der Waals surface area contributed by atoms with Crippen molar-refractivity contribution in [3.05, 3.63) is 0 Å². The van der Waals surface area contributed by atoms with Gasteiger partial charge in [0.15, 0.2) is 0 Å². The standard InChI is InChI=1S/C8H15BrO/c1-3-5-6-8(10)7(9)4-2/h7H,3-6H2,1-2H3. The number of unbranched alkanes of at least 4 members (excludes halogenated alkanes) is 1. The van der Waals surface area contributed by atoms with E-state index in [1.807, 2.05) is 6.92 Å². The average molecular weight is 207 g/mol. The fourth-order valence-corrected chi connectivity index (χ4v) is 0.964. The second kappa shape index (κ2) is 5.90. The number of ketones is 1. The molecule has 60 valence electrons. The summed E-state index contributed by atoms with van der Waals surface area (Å²) < 4.78 is 0. The van der Waals surface area contributed by atoms with Gasteiger partial charge in [-0.2, -0.15) is 0 Å². The van der Waals surface area contributed by atoms with Crippen molar-refractivity contribution in [2.75, 3.05) is 0 Å². The zero-order valence-electron chi connectivity index (χ0n) is 6.69. The van der Waals surface area contributed by atoms with Crippen molar-refractivity contribution < 1.29 is 4.79 Å². The fourth-order valence-electron chi connectivity index (χ4n) is 0.735. The third-order valence-electron chi connectivity index (χ3n) is 1.48. The summed E-state index contributed by atoms with van der Waals surface area (Å²) in [6.07, 6.45) is 3.78. The lowest BCUT2D eigenvalue weighted by Gasteiger charge is -2.03. The lowest BCUT2D eigenvalue weighted by molar-refractivity contribution is -0.118. The first kappa shape index (κ1) is 10.2. The van der Waals surface area contributed by atoms with Gasteiger partial charge in [-0.1, -0.05) is 36.2 Å². The Balaban J connectivity index is 3.42. The molecule has 0 N–H and O–H groups in total. The van der Waals surface area contributed by atoms with Crippen molar-refractivity contribution in [3.8, 4) is 0 Å². The Morgan fingerprint density at radius 3 is 2.50 bits per heavy atom. The van der Waals surface area contributed by atoms with E-state index in [0.29, 0.717) is 5.78 Å². The highest BCUT2D eigenvalue weighted by Crippen LogP contribution is 2.09. The van der Waals surface area contributed by atoms with Crippen LogP contribution in [0.15, 0.2) is 0 Å². The third kappa shape index (κ3) is 4.04. The summed E-state index contributed by atoms with van der Waals surface area (Å²) >= 11 is 3.32. The maximum absolute atomic E-state index is 11.1. The molecule has 0 rings (SSSR count). The summed E-state index contributed by atoms with van der Waals surface area (Å²) in [6.45, 7) is 4.12. The van der Waals surface area contributed by atoms with E-state index >= 15 is 0 Å². The van der Waals surface area contributed by atoms with Gasteiger partial charge in [0.05, 0.1) is 4.83 Å². The van der Waals surface area contributed by atoms with Crippen LogP contribution in [-0.2, 0) is 4.79 Å². The number of carbonyl (C=O) groups is 1. The Morgan fingerprint density at radius 2 is 2.10 bits per heavy atom. The second-order valence-corrected chi connectivity index (χ2v) is 3.55. The number of hydrogen-bond acceptors (Lipinski definition) is 1. The molecular formula is C8H15BrO. The van der Waals surface area contributed by atoms with Crippen LogP contribution in [0.4, 0.5) is 0 Å². The molecule has 0 bridgehead atoms. The molecule has 10 heavy (non-hydrogen) atoms. The van der Waals surface area contributed by atoms with Crippen molar-refractivity contribution in [2.24, 2.45) is 0 Å². The van der Waals surface area contributed by atoms with Crippen LogP contribution in [0, 0.1) is 0 Å². The highest BCUT2D eigenvalue weighted by atomic mass is 79.9. The van der Waals surface area contributed by atoms with E-state index in [1.54, 1.807) is 0 Å². The minimum absolute atomic E-state index is 0.0963. The zero-order valence-corrected chi connectivity index (χ0v) is 8.28. The zero-order chi connectivity index (χ0) is 7.98. The van der Waals surface area contributed by atoms with Crippen LogP contribution in [0.25, 0.3) is 0 Å². The fraction of sp³-hybridized carbons (Fsp3) is 0.875. The van der Waals surface area contributed by atoms with Crippen molar-refractivity contribution in [1.82, 2.24) is 0 Å². The van der Waals surface area contributed by atoms with Crippen LogP contribution in [-0.4, -0.2) is 10.6 Å². The van der Waals surface area contributed by atoms with E-state index in [2.05, 4.69) is 22.9 Å². The normalized spacial score (nSPS) is 13.1. The maximum atomic E-state index is 11.1. The third-order valence-corrected chi connectivity index (χ3v) is 2.64. The minimum Gasteiger partial charge on any atom is -0.298 e. The Hall–Kier alpha value is 0.150. The quantitative estimate of drug-likeness (QED) is 0.633. The first-order valence-corrected chi connectivity index (χ1v) is 4.80. The lowest BCUT2D eigenvalue weighted by atomic mass is 10.1. The van der Waals surface area contributed by atoms with E-state index in [4.69, 9.17) is 0 Å². The number of alkyl halides is 1. The monoisotopic (exact) mass is 206 g/mol. The first-order valence-electron chi connectivity index (χ1n) is 3.89. The number of carbonyl (C=O) groups excluding carboxylic acids is 1. The number of Topliss-reactive ketones (excluding diaryl/α,β-unsaturated/α-hetero) is 1. The average Bonchev–Trinajstić information content (AvgIpc) is 1.98. The van der Waals surface area contributed by atoms with E-state index in [-0.39, 0.29) is 4.83 Å². The van der Waals surface area contributed by atoms with Crippen molar-refractivity contribution in [3.63, 3.8) is 0 Å². The molecule has 1 atom stereocenters. The number of hydrogen-bond donors (Lipinski definition) is 0. The second-order valence-electron chi connectivity index (χ2n) is 2.45. The molecule has 0 aromatic carbocycles. The van der Waals surface area contributed by atoms with Crippen LogP contribution in [0.5, 0.6) is 0 Å². The molecule has 1 nitrogen and oxygen atoms in total. The van der Waals surface area contributed by atoms with Crippen LogP contribution in [0.3, 0.4) is 0 Å². The first-order chi connectivity index (χ1) is 4.72. The Bertz CT molecular complexity index is 101. The molecule has 0 heterocycles. The predicted octanol–water partition coefficient (Wildman–Crippen LogP) is 2.92. The molecule has 0 saturated carbocycles. The van der Waals surface area contributed by atoms with Crippen LogP contribution >= 0.6 is 15.9 Å². The van der Waals surface area contributed by atoms with Gasteiger partial charge in [0.1, 0.15) is 5.78 Å². The summed E-state index contributed by atoms with van der Waals surface area (Å²) in [6, 6.07) is 0. The molecule has 1 unspecified atom stereocenters. The lowest BCUT2D eigenvalue weighted by Crippen LogP contribution is -2.11. The largest absolute Gasteiger partial charge is 0.298 e. The van der Waals surface area contributed by atoms with Crippen LogP contribution in [0.2, 0.25) is 0 Å². The van der Waals surface area contributed by atoms with Crippen LogP contribution in [0.1, 0.15) is 39.5 Å². The molecule has 0 spiro atoms. The Kier molecular flexibility index (Phi) is 5.99. The molecule has 0 fully saturated rings. The summed E-state index contributed by atoms with van der Waals surface area (Å²) in [4.78, 5) is 11.2. The van der Waals surface area contributed by atoms with Crippen molar-refractivity contribution >= 4 is 21.7 Å². The van der Waals surface area contributed by atoms with E-state index in [1.165, 1.54) is 0 Å². The summed E-state index contributed by atoms with van der Waals surface area (Å²) in [5.74, 6) is 0.351. The van der Waals surface area contributed by atoms with E-state index in [9.17, 15) is 4.79 Å². The van der Waals surface area contributed by atoms with Crippen molar-refractivity contribution in [2.45, 2.75) is 44.4 Å². The molecule has 0 aromatic heterocycles. The number of halogens is 1. The van der Waals surface area contributed by atoms with Gasteiger partial charge in [-0.3, -0.25) is 4.79 Å². The maximum Gasteiger partial charge on any atom is 0.146 e. The predicted molar refractivity (Wildman–Crippen MR) is 47.5 cm³/mol. The van der Waals surface area contributed by atoms with Gasteiger partial charge in [-0.25, -0.2) is 0 Å². The van der Waals surface area contributed by atoms with Gasteiger partial charge in [-0.15, -0.1) is 0 Å². The topological polar surface area (TPSA) is 17.1 Å². The molecule has 0 aromatic rings. The van der Waals surface area contributed by atoms with E-state index < -0.39 is 0 Å². The van der Waals surface area contributed by atoms with Gasteiger partial charge in [0.2, 0.25) is 0 Å². The molecule has 0 saturated heterocycles. The van der Waals surface area contributed by atoms with Gasteiger partial charge in [0, 0.05) is 6.42 Å².